The minimum Gasteiger partial charge on any atom is -0.495 e. The average Bonchev–Trinajstić information content (AvgIpc) is 3.12. The van der Waals surface area contributed by atoms with E-state index in [0.29, 0.717) is 28.2 Å². The number of imidazole rings is 1. The molecule has 0 fully saturated rings. The molecule has 0 aliphatic carbocycles. The van der Waals surface area contributed by atoms with E-state index in [9.17, 15) is 13.2 Å². The summed E-state index contributed by atoms with van der Waals surface area (Å²) >= 11 is 0. The number of halogens is 3. The number of rotatable bonds is 5. The minimum absolute atomic E-state index is 0.0801. The largest absolute Gasteiger partial charge is 0.495 e. The molecule has 148 valence electrons. The number of aromatic nitrogens is 5. The van der Waals surface area contributed by atoms with Crippen LogP contribution in [0.3, 0.4) is 0 Å². The van der Waals surface area contributed by atoms with Crippen molar-refractivity contribution in [3.8, 4) is 17.1 Å². The molecule has 0 aliphatic rings. The van der Waals surface area contributed by atoms with E-state index in [0.717, 1.165) is 17.1 Å². The summed E-state index contributed by atoms with van der Waals surface area (Å²) in [4.78, 5) is 18.0. The van der Waals surface area contributed by atoms with E-state index < -0.39 is 11.7 Å². The van der Waals surface area contributed by atoms with E-state index in [4.69, 9.17) is 6.15 Å². The van der Waals surface area contributed by atoms with Gasteiger partial charge in [0.15, 0.2) is 18.7 Å². The number of hydrogen-bond donors (Lipinski definition) is 2. The molecule has 0 radical (unpaired) electrons. The fraction of sp³-hybridized carbons (Fsp3) is 0.158. The molecular weight excluding hydrogens is 385 g/mol. The number of methoxy groups -OCH3 is 1. The van der Waals surface area contributed by atoms with Gasteiger partial charge in [0, 0.05) is 18.3 Å². The molecule has 2 N–H and O–H groups in total. The maximum absolute atomic E-state index is 13.0. The van der Waals surface area contributed by atoms with Gasteiger partial charge in [0.25, 0.3) is 0 Å². The van der Waals surface area contributed by atoms with E-state index in [1.807, 2.05) is 0 Å². The van der Waals surface area contributed by atoms with Crippen molar-refractivity contribution in [1.29, 1.82) is 0 Å². The number of nitrogens with zero attached hydrogens (tertiary/aromatic N) is 4. The Morgan fingerprint density at radius 1 is 1.21 bits per heavy atom. The lowest BCUT2D eigenvalue weighted by molar-refractivity contribution is -0.137. The molecule has 0 atom stereocenters. The number of pyridine rings is 1. The van der Waals surface area contributed by atoms with E-state index >= 15 is 0 Å². The van der Waals surface area contributed by atoms with Gasteiger partial charge in [0.2, 0.25) is 0 Å². The van der Waals surface area contributed by atoms with Crippen molar-refractivity contribution in [3.05, 3.63) is 60.2 Å². The molecule has 4 aromatic rings. The number of hydrogen-bond acceptors (Lipinski definition) is 6. The predicted molar refractivity (Wildman–Crippen MR) is 100 cm³/mol. The van der Waals surface area contributed by atoms with Gasteiger partial charge < -0.3 is 15.0 Å². The van der Waals surface area contributed by atoms with E-state index in [2.05, 4.69) is 25.3 Å². The van der Waals surface area contributed by atoms with Crippen molar-refractivity contribution >= 4 is 17.0 Å². The zero-order valence-electron chi connectivity index (χ0n) is 16.1. The molecule has 0 saturated carbocycles. The zero-order chi connectivity index (χ0) is 21.3. The van der Waals surface area contributed by atoms with Crippen molar-refractivity contribution in [2.24, 2.45) is 0 Å². The summed E-state index contributed by atoms with van der Waals surface area (Å²) in [6.07, 6.45) is -0.0778. The maximum atomic E-state index is 13.0. The highest BCUT2D eigenvalue weighted by molar-refractivity contribution is 5.84. The Labute approximate surface area is 164 Å². The molecule has 0 unspecified atom stereocenters. The van der Waals surface area contributed by atoms with Crippen molar-refractivity contribution in [3.63, 3.8) is 0 Å². The molecule has 0 saturated heterocycles. The quantitative estimate of drug-likeness (QED) is 0.524. The first-order chi connectivity index (χ1) is 14.3. The van der Waals surface area contributed by atoms with E-state index in [-0.39, 0.29) is 18.0 Å². The lowest BCUT2D eigenvalue weighted by Gasteiger charge is -2.11. The van der Waals surface area contributed by atoms with Gasteiger partial charge >= 0.3 is 6.18 Å². The number of benzene rings is 1. The van der Waals surface area contributed by atoms with Crippen molar-refractivity contribution in [2.45, 2.75) is 12.7 Å². The summed E-state index contributed by atoms with van der Waals surface area (Å²) in [5, 5.41) is 3.01. The first kappa shape index (κ1) is 17.4. The van der Waals surface area contributed by atoms with Crippen molar-refractivity contribution < 1.29 is 19.3 Å². The van der Waals surface area contributed by atoms with Crippen molar-refractivity contribution in [1.82, 2.24) is 24.9 Å². The Morgan fingerprint density at radius 3 is 2.86 bits per heavy atom. The topological polar surface area (TPSA) is 88.6 Å². The van der Waals surface area contributed by atoms with Crippen LogP contribution < -0.4 is 10.1 Å². The van der Waals surface area contributed by atoms with Gasteiger partial charge in [-0.3, -0.25) is 4.98 Å². The standard InChI is InChI=1S/C19H15F3N6O/c1-29-14-6-12(8-23-9-14)16-27-17(15-18(28-16)26-10-25-15)24-7-11-3-2-4-13(5-11)19(20,21)22/h2-6,8-10H,7H2,1H3,(H2,24,25,26,27,28)/i/hD. The Bertz CT molecular complexity index is 1210. The Kier molecular flexibility index (Phi) is 4.43. The number of ether oxygens (including phenoxy) is 1. The summed E-state index contributed by atoms with van der Waals surface area (Å²) in [5.41, 5.74) is 0.824. The van der Waals surface area contributed by atoms with Gasteiger partial charge in [-0.05, 0) is 23.8 Å². The number of nitrogens with one attached hydrogen (secondary N) is 2. The number of alkyl halides is 3. The minimum atomic E-state index is -4.42. The second kappa shape index (κ2) is 7.38. The summed E-state index contributed by atoms with van der Waals surface area (Å²) in [5.74, 6) is 1.07. The Morgan fingerprint density at radius 2 is 2.07 bits per heavy atom. The third kappa shape index (κ3) is 3.96. The maximum Gasteiger partial charge on any atom is 0.416 e. The van der Waals surface area contributed by atoms with Crippen LogP contribution in [0.25, 0.3) is 22.6 Å². The predicted octanol–water partition coefficient (Wildman–Crippen LogP) is 4.05. The smallest absolute Gasteiger partial charge is 0.416 e. The fourth-order valence-electron chi connectivity index (χ4n) is 2.74. The van der Waals surface area contributed by atoms with Crippen LogP contribution in [0.1, 0.15) is 11.1 Å². The van der Waals surface area contributed by atoms with Crippen LogP contribution in [0.4, 0.5) is 19.0 Å². The Hall–Kier alpha value is -3.69. The van der Waals surface area contributed by atoms with Gasteiger partial charge in [0.05, 0.1) is 25.2 Å². The zero-order valence-corrected chi connectivity index (χ0v) is 15.1. The van der Waals surface area contributed by atoms with Gasteiger partial charge in [0.1, 0.15) is 11.3 Å². The average molecular weight is 401 g/mol. The highest BCUT2D eigenvalue weighted by Gasteiger charge is 2.30. The van der Waals surface area contributed by atoms with Crippen LogP contribution in [-0.4, -0.2) is 32.0 Å². The lowest BCUT2D eigenvalue weighted by atomic mass is 10.1. The van der Waals surface area contributed by atoms with Crippen LogP contribution in [0.15, 0.2) is 49.1 Å². The normalized spacial score (nSPS) is 12.1. The second-order valence-electron chi connectivity index (χ2n) is 6.11. The molecule has 10 heteroatoms. The Balaban J connectivity index is 1.70. The van der Waals surface area contributed by atoms with Gasteiger partial charge in [-0.1, -0.05) is 12.1 Å². The number of fused-ring (bicyclic) bond motifs is 1. The molecule has 29 heavy (non-hydrogen) atoms. The molecule has 4 rings (SSSR count). The van der Waals surface area contributed by atoms with Crippen LogP contribution in [0.2, 0.25) is 1.41 Å². The molecule has 1 aromatic carbocycles. The van der Waals surface area contributed by atoms with Gasteiger partial charge in [-0.25, -0.2) is 15.0 Å². The summed E-state index contributed by atoms with van der Waals surface area (Å²) < 4.78 is 52.0. The number of aromatic amines is 1. The molecule has 3 aromatic heterocycles. The van der Waals surface area contributed by atoms with E-state index in [1.165, 1.54) is 25.7 Å². The van der Waals surface area contributed by atoms with Crippen molar-refractivity contribution in [2.75, 3.05) is 12.4 Å². The molecule has 0 spiro atoms. The first-order valence-electron chi connectivity index (χ1n) is 8.93. The monoisotopic (exact) mass is 401 g/mol. The molecule has 7 nitrogen and oxygen atoms in total. The van der Waals surface area contributed by atoms with Crippen LogP contribution in [0, 0.1) is 0 Å². The summed E-state index contributed by atoms with van der Waals surface area (Å²) in [6, 6.07) is 6.71. The van der Waals surface area contributed by atoms with Gasteiger partial charge in [-0.2, -0.15) is 13.2 Å². The van der Waals surface area contributed by atoms with Crippen LogP contribution in [-0.2, 0) is 12.7 Å². The molecule has 0 bridgehead atoms. The third-order valence-corrected chi connectivity index (χ3v) is 4.15. The lowest BCUT2D eigenvalue weighted by Crippen LogP contribution is -2.08. The first-order valence-corrected chi connectivity index (χ1v) is 8.49. The van der Waals surface area contributed by atoms with E-state index in [1.54, 1.807) is 18.3 Å². The molecular formula is C19H15F3N6O. The molecule has 0 amide bonds. The highest BCUT2D eigenvalue weighted by atomic mass is 19.4. The fourth-order valence-corrected chi connectivity index (χ4v) is 2.74. The number of H-pyrrole nitrogens is 1. The molecule has 3 heterocycles. The summed E-state index contributed by atoms with van der Waals surface area (Å²) in [7, 11) is 1.51. The summed E-state index contributed by atoms with van der Waals surface area (Å²) in [6.45, 7) is 0.0801. The SMILES string of the molecule is [2H]n1cnc2c(NCc3cccc(C(F)(F)F)c3)nc(-c3cncc(OC)c3)nc21. The van der Waals surface area contributed by atoms with Crippen LogP contribution >= 0.6 is 0 Å². The third-order valence-electron chi connectivity index (χ3n) is 4.15. The van der Waals surface area contributed by atoms with Gasteiger partial charge in [-0.15, -0.1) is 0 Å². The second-order valence-corrected chi connectivity index (χ2v) is 6.11. The highest BCUT2D eigenvalue weighted by Crippen LogP contribution is 2.30. The number of anilines is 1. The van der Waals surface area contributed by atoms with Crippen LogP contribution in [0.5, 0.6) is 5.75 Å². The molecule has 0 aliphatic heterocycles.